The van der Waals surface area contributed by atoms with Crippen molar-refractivity contribution < 1.29 is 19.8 Å². The molecule has 0 spiro atoms. The van der Waals surface area contributed by atoms with E-state index in [1.807, 2.05) is 13.8 Å². The van der Waals surface area contributed by atoms with Crippen molar-refractivity contribution in [3.63, 3.8) is 0 Å². The second-order valence-corrected chi connectivity index (χ2v) is 6.54. The fourth-order valence-electron chi connectivity index (χ4n) is 4.38. The van der Waals surface area contributed by atoms with E-state index >= 15 is 0 Å². The third-order valence-corrected chi connectivity index (χ3v) is 5.38. The summed E-state index contributed by atoms with van der Waals surface area (Å²) < 4.78 is 0. The van der Waals surface area contributed by atoms with Gasteiger partial charge >= 0.3 is 5.97 Å². The molecule has 4 nitrogen and oxygen atoms in total. The number of fused-ring (bicyclic) bond motifs is 1. The number of carbonyl (C=O) groups excluding carboxylic acids is 1. The van der Waals surface area contributed by atoms with Gasteiger partial charge in [0.1, 0.15) is 0 Å². The normalized spacial score (nSPS) is 42.5. The summed E-state index contributed by atoms with van der Waals surface area (Å²) in [5, 5.41) is 19.2. The summed E-state index contributed by atoms with van der Waals surface area (Å²) in [5.74, 6) is -1.64. The molecule has 19 heavy (non-hydrogen) atoms. The van der Waals surface area contributed by atoms with Crippen LogP contribution >= 0.6 is 0 Å². The first kappa shape index (κ1) is 14.3. The van der Waals surface area contributed by atoms with Gasteiger partial charge in [0.05, 0.1) is 12.0 Å². The first-order valence-corrected chi connectivity index (χ1v) is 6.83. The van der Waals surface area contributed by atoms with Crippen LogP contribution in [0.2, 0.25) is 0 Å². The lowest BCUT2D eigenvalue weighted by atomic mass is 9.48. The molecule has 0 unspecified atom stereocenters. The molecule has 2 aliphatic rings. The van der Waals surface area contributed by atoms with Crippen LogP contribution in [0.5, 0.6) is 0 Å². The summed E-state index contributed by atoms with van der Waals surface area (Å²) >= 11 is 0. The zero-order valence-corrected chi connectivity index (χ0v) is 11.8. The third-order valence-electron chi connectivity index (χ3n) is 5.38. The molecule has 1 fully saturated rings. The molecule has 0 aromatic heterocycles. The smallest absolute Gasteiger partial charge is 0.310 e. The standard InChI is InChI=1S/C15H22O4/c1-9-7-11(17)12-14(2,10(9)8-16)5-4-6-15(12,3)13(18)19/h7,10,12,16H,4-6,8H2,1-3H3,(H,18,19)/t10-,12+,14+,15-/m0/s1. The van der Waals surface area contributed by atoms with Crippen molar-refractivity contribution in [1.82, 2.24) is 0 Å². The summed E-state index contributed by atoms with van der Waals surface area (Å²) in [4.78, 5) is 24.1. The highest BCUT2D eigenvalue weighted by Crippen LogP contribution is 2.58. The van der Waals surface area contributed by atoms with Gasteiger partial charge in [0.2, 0.25) is 0 Å². The van der Waals surface area contributed by atoms with Gasteiger partial charge in [0.25, 0.3) is 0 Å². The molecule has 2 rings (SSSR count). The van der Waals surface area contributed by atoms with Crippen LogP contribution in [-0.4, -0.2) is 28.6 Å². The Morgan fingerprint density at radius 3 is 2.58 bits per heavy atom. The Kier molecular flexibility index (Phi) is 3.33. The molecule has 4 heteroatoms. The van der Waals surface area contributed by atoms with Crippen LogP contribution in [0.1, 0.15) is 40.0 Å². The highest BCUT2D eigenvalue weighted by molar-refractivity contribution is 5.98. The molecule has 0 aromatic carbocycles. The minimum atomic E-state index is -1.02. The second-order valence-electron chi connectivity index (χ2n) is 6.54. The van der Waals surface area contributed by atoms with Gasteiger partial charge in [0, 0.05) is 11.8 Å². The average Bonchev–Trinajstić information content (AvgIpc) is 2.27. The number of aliphatic hydroxyl groups excluding tert-OH is 1. The Hall–Kier alpha value is -1.16. The van der Waals surface area contributed by atoms with E-state index in [-0.39, 0.29) is 18.3 Å². The van der Waals surface area contributed by atoms with Crippen LogP contribution in [0.3, 0.4) is 0 Å². The molecule has 106 valence electrons. The van der Waals surface area contributed by atoms with E-state index in [0.717, 1.165) is 18.4 Å². The van der Waals surface area contributed by atoms with E-state index in [2.05, 4.69) is 0 Å². The predicted molar refractivity (Wildman–Crippen MR) is 70.5 cm³/mol. The van der Waals surface area contributed by atoms with Gasteiger partial charge in [-0.1, -0.05) is 18.9 Å². The van der Waals surface area contributed by atoms with E-state index < -0.39 is 22.7 Å². The number of carboxylic acids is 1. The third kappa shape index (κ3) is 1.84. The number of carboxylic acid groups (broad SMARTS) is 1. The van der Waals surface area contributed by atoms with Crippen LogP contribution in [0, 0.1) is 22.7 Å². The number of carbonyl (C=O) groups is 2. The predicted octanol–water partition coefficient (Wildman–Crippen LogP) is 2.02. The molecule has 0 heterocycles. The topological polar surface area (TPSA) is 74.6 Å². The monoisotopic (exact) mass is 266 g/mol. The number of aliphatic hydroxyl groups is 1. The molecule has 1 saturated carbocycles. The van der Waals surface area contributed by atoms with Crippen LogP contribution < -0.4 is 0 Å². The molecule has 2 N–H and O–H groups in total. The van der Waals surface area contributed by atoms with Crippen LogP contribution in [0.15, 0.2) is 11.6 Å². The maximum atomic E-state index is 12.4. The molecule has 0 saturated heterocycles. The number of allylic oxidation sites excluding steroid dienone is 1. The van der Waals surface area contributed by atoms with Gasteiger partial charge in [-0.2, -0.15) is 0 Å². The first-order valence-electron chi connectivity index (χ1n) is 6.83. The summed E-state index contributed by atoms with van der Waals surface area (Å²) in [6, 6.07) is 0. The van der Waals surface area contributed by atoms with Crippen molar-refractivity contribution in [3.05, 3.63) is 11.6 Å². The molecule has 0 aliphatic heterocycles. The largest absolute Gasteiger partial charge is 0.481 e. The summed E-state index contributed by atoms with van der Waals surface area (Å²) in [6.07, 6.45) is 3.65. The highest BCUT2D eigenvalue weighted by Gasteiger charge is 2.59. The Labute approximate surface area is 113 Å². The molecular formula is C15H22O4. The van der Waals surface area contributed by atoms with Crippen molar-refractivity contribution >= 4 is 11.8 Å². The van der Waals surface area contributed by atoms with Gasteiger partial charge in [-0.25, -0.2) is 0 Å². The van der Waals surface area contributed by atoms with Gasteiger partial charge in [-0.15, -0.1) is 0 Å². The fraction of sp³-hybridized carbons (Fsp3) is 0.733. The number of ketones is 1. The second kappa shape index (κ2) is 4.44. The number of hydrogen-bond acceptors (Lipinski definition) is 3. The van der Waals surface area contributed by atoms with Crippen LogP contribution in [0.25, 0.3) is 0 Å². The van der Waals surface area contributed by atoms with Crippen LogP contribution in [-0.2, 0) is 9.59 Å². The Bertz CT molecular complexity index is 453. The van der Waals surface area contributed by atoms with E-state index in [9.17, 15) is 19.8 Å². The Balaban J connectivity index is 2.57. The average molecular weight is 266 g/mol. The van der Waals surface area contributed by atoms with Crippen molar-refractivity contribution in [1.29, 1.82) is 0 Å². The van der Waals surface area contributed by atoms with Crippen LogP contribution in [0.4, 0.5) is 0 Å². The minimum Gasteiger partial charge on any atom is -0.481 e. The lowest BCUT2D eigenvalue weighted by Gasteiger charge is -2.54. The molecular weight excluding hydrogens is 244 g/mol. The first-order chi connectivity index (χ1) is 8.77. The number of hydrogen-bond donors (Lipinski definition) is 2. The molecule has 4 atom stereocenters. The van der Waals surface area contributed by atoms with Gasteiger partial charge in [-0.3, -0.25) is 9.59 Å². The molecule has 0 radical (unpaired) electrons. The maximum absolute atomic E-state index is 12.4. The zero-order valence-electron chi connectivity index (χ0n) is 11.8. The maximum Gasteiger partial charge on any atom is 0.310 e. The Morgan fingerprint density at radius 2 is 2.05 bits per heavy atom. The zero-order chi connectivity index (χ0) is 14.4. The lowest BCUT2D eigenvalue weighted by Crippen LogP contribution is -2.56. The molecule has 0 amide bonds. The Morgan fingerprint density at radius 1 is 1.42 bits per heavy atom. The van der Waals surface area contributed by atoms with Crippen molar-refractivity contribution in [2.45, 2.75) is 40.0 Å². The quantitative estimate of drug-likeness (QED) is 0.802. The van der Waals surface area contributed by atoms with Crippen molar-refractivity contribution in [3.8, 4) is 0 Å². The van der Waals surface area contributed by atoms with Gasteiger partial charge < -0.3 is 10.2 Å². The number of rotatable bonds is 2. The highest BCUT2D eigenvalue weighted by atomic mass is 16.4. The minimum absolute atomic E-state index is 0.0295. The van der Waals surface area contributed by atoms with Gasteiger partial charge in [0.15, 0.2) is 5.78 Å². The summed E-state index contributed by atoms with van der Waals surface area (Å²) in [6.45, 7) is 5.47. The van der Waals surface area contributed by atoms with E-state index in [4.69, 9.17) is 0 Å². The van der Waals surface area contributed by atoms with E-state index in [1.165, 1.54) is 0 Å². The SMILES string of the molecule is CC1=CC(=O)[C@@H]2[C@](C)(CCC[C@]2(C)C(=O)O)[C@H]1CO. The van der Waals surface area contributed by atoms with Gasteiger partial charge in [-0.05, 0) is 38.2 Å². The molecule has 0 aromatic rings. The summed E-state index contributed by atoms with van der Waals surface area (Å²) in [5.41, 5.74) is -0.592. The number of aliphatic carboxylic acids is 1. The van der Waals surface area contributed by atoms with E-state index in [1.54, 1.807) is 13.0 Å². The summed E-state index contributed by atoms with van der Waals surface area (Å²) in [7, 11) is 0. The van der Waals surface area contributed by atoms with Crippen molar-refractivity contribution in [2.75, 3.05) is 6.61 Å². The molecule has 0 bridgehead atoms. The molecule has 2 aliphatic carbocycles. The van der Waals surface area contributed by atoms with Crippen molar-refractivity contribution in [2.24, 2.45) is 22.7 Å². The lowest BCUT2D eigenvalue weighted by molar-refractivity contribution is -0.167. The fourth-order valence-corrected chi connectivity index (χ4v) is 4.38. The van der Waals surface area contributed by atoms with E-state index in [0.29, 0.717) is 6.42 Å².